The molecule has 0 unspecified atom stereocenters. The zero-order valence-electron chi connectivity index (χ0n) is 19.9. The van der Waals surface area contributed by atoms with Gasteiger partial charge in [0, 0.05) is 12.5 Å². The summed E-state index contributed by atoms with van der Waals surface area (Å²) in [5.74, 6) is -2.69. The van der Waals surface area contributed by atoms with Crippen LogP contribution in [-0.2, 0) is 25.7 Å². The molecule has 0 bridgehead atoms. The van der Waals surface area contributed by atoms with Crippen LogP contribution in [0.1, 0.15) is 39.7 Å². The average Bonchev–Trinajstić information content (AvgIpc) is 3.08. The van der Waals surface area contributed by atoms with Gasteiger partial charge in [0.1, 0.15) is 6.04 Å². The fraction of sp³-hybridized carbons (Fsp3) is 0.577. The third kappa shape index (κ3) is 5.29. The Hall–Kier alpha value is -2.67. The number of nitrogens with zero attached hydrogens (tertiary/aromatic N) is 1. The maximum Gasteiger partial charge on any atom is 0.310 e. The van der Waals surface area contributed by atoms with Crippen LogP contribution in [0.25, 0.3) is 0 Å². The highest BCUT2D eigenvalue weighted by Gasteiger charge is 2.58. The van der Waals surface area contributed by atoms with Crippen LogP contribution in [-0.4, -0.2) is 53.1 Å². The van der Waals surface area contributed by atoms with E-state index in [0.717, 1.165) is 5.56 Å². The van der Waals surface area contributed by atoms with E-state index in [-0.39, 0.29) is 36.9 Å². The van der Waals surface area contributed by atoms with Crippen LogP contribution in [0.2, 0.25) is 0 Å². The van der Waals surface area contributed by atoms with E-state index >= 15 is 0 Å². The number of carbonyl (C=O) groups is 3. The van der Waals surface area contributed by atoms with Gasteiger partial charge in [-0.15, -0.1) is 0 Å². The molecule has 180 valence electrons. The van der Waals surface area contributed by atoms with Crippen molar-refractivity contribution in [1.82, 2.24) is 10.2 Å². The quantitative estimate of drug-likeness (QED) is 0.440. The van der Waals surface area contributed by atoms with Crippen LogP contribution in [0.3, 0.4) is 0 Å². The van der Waals surface area contributed by atoms with Gasteiger partial charge in [-0.1, -0.05) is 63.3 Å². The van der Waals surface area contributed by atoms with E-state index in [1.54, 1.807) is 11.8 Å². The van der Waals surface area contributed by atoms with Crippen molar-refractivity contribution in [3.05, 3.63) is 48.0 Å². The maximum atomic E-state index is 13.8. The molecule has 0 aromatic heterocycles. The van der Waals surface area contributed by atoms with Crippen LogP contribution >= 0.6 is 0 Å². The van der Waals surface area contributed by atoms with Crippen molar-refractivity contribution < 1.29 is 24.2 Å². The van der Waals surface area contributed by atoms with E-state index in [0.29, 0.717) is 13.0 Å². The predicted octanol–water partition coefficient (Wildman–Crippen LogP) is 2.54. The Balaban J connectivity index is 1.95. The lowest BCUT2D eigenvalue weighted by atomic mass is 9.70. The third-order valence-corrected chi connectivity index (χ3v) is 6.69. The summed E-state index contributed by atoms with van der Waals surface area (Å²) >= 11 is 0. The lowest BCUT2D eigenvalue weighted by Gasteiger charge is -2.34. The van der Waals surface area contributed by atoms with Gasteiger partial charge < -0.3 is 20.1 Å². The SMILES string of the molecule is CCOC(=O)[C@H]1[C@@H]2C(=O)N([C@@H](CO)CC(C)C)[C@H](C(=O)NCc3ccccc3)[C@H]2C=C[C@H]1C. The van der Waals surface area contributed by atoms with Gasteiger partial charge >= 0.3 is 5.97 Å². The summed E-state index contributed by atoms with van der Waals surface area (Å²) in [6, 6.07) is 8.29. The van der Waals surface area contributed by atoms with Gasteiger partial charge in [-0.05, 0) is 30.7 Å². The zero-order valence-corrected chi connectivity index (χ0v) is 19.9. The molecule has 2 amide bonds. The molecule has 33 heavy (non-hydrogen) atoms. The van der Waals surface area contributed by atoms with Crippen molar-refractivity contribution in [2.24, 2.45) is 29.6 Å². The lowest BCUT2D eigenvalue weighted by Crippen LogP contribution is -2.52. The van der Waals surface area contributed by atoms with Crippen molar-refractivity contribution in [1.29, 1.82) is 0 Å². The number of nitrogens with one attached hydrogen (secondary N) is 1. The fourth-order valence-corrected chi connectivity index (χ4v) is 5.24. The smallest absolute Gasteiger partial charge is 0.310 e. The molecule has 1 saturated heterocycles. The van der Waals surface area contributed by atoms with Crippen molar-refractivity contribution in [3.63, 3.8) is 0 Å². The molecule has 0 spiro atoms. The first-order valence-corrected chi connectivity index (χ1v) is 11.9. The van der Waals surface area contributed by atoms with Gasteiger partial charge in [0.05, 0.1) is 31.1 Å². The number of esters is 1. The molecule has 1 fully saturated rings. The summed E-state index contributed by atoms with van der Waals surface area (Å²) in [4.78, 5) is 41.6. The number of carbonyl (C=O) groups excluding carboxylic acids is 3. The molecular formula is C26H36N2O5. The normalized spacial score (nSPS) is 27.4. The third-order valence-electron chi connectivity index (χ3n) is 6.69. The van der Waals surface area contributed by atoms with Crippen molar-refractivity contribution >= 4 is 17.8 Å². The Bertz CT molecular complexity index is 869. The molecule has 1 aliphatic heterocycles. The van der Waals surface area contributed by atoms with E-state index in [4.69, 9.17) is 4.74 Å². The van der Waals surface area contributed by atoms with Crippen molar-refractivity contribution in [2.45, 2.75) is 52.7 Å². The Morgan fingerprint density at radius 3 is 2.48 bits per heavy atom. The van der Waals surface area contributed by atoms with Crippen LogP contribution < -0.4 is 5.32 Å². The topological polar surface area (TPSA) is 95.9 Å². The molecule has 2 N–H and O–H groups in total. The molecule has 3 rings (SSSR count). The summed E-state index contributed by atoms with van der Waals surface area (Å²) in [5.41, 5.74) is 0.955. The number of aliphatic hydroxyl groups excluding tert-OH is 1. The Morgan fingerprint density at radius 1 is 1.18 bits per heavy atom. The Labute approximate surface area is 196 Å². The number of amides is 2. The van der Waals surface area contributed by atoms with E-state index in [2.05, 4.69) is 5.32 Å². The molecule has 0 radical (unpaired) electrons. The Kier molecular flexibility index (Phi) is 8.30. The standard InChI is InChI=1S/C26H36N2O5/c1-5-33-26(32)21-17(4)11-12-20-22(21)25(31)28(19(15-29)13-16(2)3)23(20)24(30)27-14-18-9-7-6-8-10-18/h6-12,16-17,19-23,29H,5,13-15H2,1-4H3,(H,27,30)/t17-,19-,20+,21-,22-,23+/m1/s1. The van der Waals surface area contributed by atoms with Crippen LogP contribution in [0.5, 0.6) is 0 Å². The first kappa shape index (κ1) is 25.0. The highest BCUT2D eigenvalue weighted by molar-refractivity contribution is 5.96. The molecule has 2 aliphatic rings. The molecular weight excluding hydrogens is 420 g/mol. The molecule has 1 aromatic rings. The minimum atomic E-state index is -0.789. The van der Waals surface area contributed by atoms with E-state index in [1.807, 2.05) is 63.3 Å². The average molecular weight is 457 g/mol. The number of aliphatic hydroxyl groups is 1. The van der Waals surface area contributed by atoms with Gasteiger partial charge in [0.15, 0.2) is 0 Å². The van der Waals surface area contributed by atoms with Gasteiger partial charge in [0.25, 0.3) is 0 Å². The molecule has 0 saturated carbocycles. The predicted molar refractivity (Wildman–Crippen MR) is 125 cm³/mol. The minimum absolute atomic E-state index is 0.181. The monoisotopic (exact) mass is 456 g/mol. The number of allylic oxidation sites excluding steroid dienone is 1. The summed E-state index contributed by atoms with van der Waals surface area (Å²) in [5, 5.41) is 13.1. The summed E-state index contributed by atoms with van der Waals surface area (Å²) in [7, 11) is 0. The molecule has 1 aliphatic carbocycles. The number of likely N-dealkylation sites (tertiary alicyclic amines) is 1. The highest BCUT2D eigenvalue weighted by atomic mass is 16.5. The van der Waals surface area contributed by atoms with E-state index in [1.165, 1.54) is 0 Å². The van der Waals surface area contributed by atoms with E-state index in [9.17, 15) is 19.5 Å². The van der Waals surface area contributed by atoms with Crippen molar-refractivity contribution in [3.8, 4) is 0 Å². The number of hydrogen-bond donors (Lipinski definition) is 2. The molecule has 7 nitrogen and oxygen atoms in total. The molecule has 6 atom stereocenters. The van der Waals surface area contributed by atoms with Gasteiger partial charge in [0.2, 0.25) is 11.8 Å². The summed E-state index contributed by atoms with van der Waals surface area (Å²) in [6.45, 7) is 8.00. The number of hydrogen-bond acceptors (Lipinski definition) is 5. The largest absolute Gasteiger partial charge is 0.466 e. The van der Waals surface area contributed by atoms with Crippen molar-refractivity contribution in [2.75, 3.05) is 13.2 Å². The maximum absolute atomic E-state index is 13.8. The van der Waals surface area contributed by atoms with Gasteiger partial charge in [-0.25, -0.2) is 0 Å². The number of ether oxygens (including phenoxy) is 1. The first-order chi connectivity index (χ1) is 15.8. The molecule has 1 aromatic carbocycles. The minimum Gasteiger partial charge on any atom is -0.466 e. The second kappa shape index (κ2) is 11.0. The first-order valence-electron chi connectivity index (χ1n) is 11.9. The van der Waals surface area contributed by atoms with Crippen LogP contribution in [0.15, 0.2) is 42.5 Å². The van der Waals surface area contributed by atoms with Crippen LogP contribution in [0, 0.1) is 29.6 Å². The Morgan fingerprint density at radius 2 is 1.88 bits per heavy atom. The second-order valence-corrected chi connectivity index (χ2v) is 9.48. The fourth-order valence-electron chi connectivity index (χ4n) is 5.24. The number of fused-ring (bicyclic) bond motifs is 1. The summed E-state index contributed by atoms with van der Waals surface area (Å²) in [6.07, 6.45) is 4.38. The second-order valence-electron chi connectivity index (χ2n) is 9.48. The van der Waals surface area contributed by atoms with Gasteiger partial charge in [-0.3, -0.25) is 14.4 Å². The molecule has 7 heteroatoms. The number of rotatable bonds is 9. The van der Waals surface area contributed by atoms with Crippen LogP contribution in [0.4, 0.5) is 0 Å². The molecule has 1 heterocycles. The summed E-state index contributed by atoms with van der Waals surface area (Å²) < 4.78 is 5.30. The lowest BCUT2D eigenvalue weighted by molar-refractivity contribution is -0.156. The number of benzene rings is 1. The highest BCUT2D eigenvalue weighted by Crippen LogP contribution is 2.45. The zero-order chi connectivity index (χ0) is 24.1. The van der Waals surface area contributed by atoms with Gasteiger partial charge in [-0.2, -0.15) is 0 Å². The van der Waals surface area contributed by atoms with E-state index < -0.39 is 35.8 Å².